The summed E-state index contributed by atoms with van der Waals surface area (Å²) in [5, 5.41) is 1.03. The van der Waals surface area contributed by atoms with Gasteiger partial charge in [-0.2, -0.15) is 0 Å². The summed E-state index contributed by atoms with van der Waals surface area (Å²) in [6, 6.07) is 12.8. The van der Waals surface area contributed by atoms with Crippen LogP contribution in [-0.4, -0.2) is 13.4 Å². The van der Waals surface area contributed by atoms with Gasteiger partial charge in [0.05, 0.1) is 7.11 Å². The second kappa shape index (κ2) is 10.5. The topological polar surface area (TPSA) is 26.3 Å². The van der Waals surface area contributed by atoms with Crippen molar-refractivity contribution in [1.82, 2.24) is 0 Å². The third kappa shape index (κ3) is 6.22. The first-order chi connectivity index (χ1) is 14.9. The maximum Gasteiger partial charge on any atom is 0.150 e. The van der Waals surface area contributed by atoms with Crippen molar-refractivity contribution < 1.29 is 9.53 Å². The van der Waals surface area contributed by atoms with Gasteiger partial charge in [-0.05, 0) is 28.1 Å². The molecular formula is C29H43O2P. The second-order valence-electron chi connectivity index (χ2n) is 11.2. The minimum absolute atomic E-state index is 0.0322. The summed E-state index contributed by atoms with van der Waals surface area (Å²) in [5.74, 6) is 1.01. The Kier molecular flexibility index (Phi) is 8.74. The van der Waals surface area contributed by atoms with Crippen molar-refractivity contribution in [2.24, 2.45) is 0 Å². The van der Waals surface area contributed by atoms with Crippen molar-refractivity contribution in [3.63, 3.8) is 0 Å². The van der Waals surface area contributed by atoms with Crippen LogP contribution in [0.3, 0.4) is 0 Å². The molecule has 2 rings (SSSR count). The molecule has 32 heavy (non-hydrogen) atoms. The number of hydrogen-bond donors (Lipinski definition) is 0. The van der Waals surface area contributed by atoms with Crippen LogP contribution in [0.1, 0.15) is 108 Å². The summed E-state index contributed by atoms with van der Waals surface area (Å²) in [7, 11) is 2.30. The Morgan fingerprint density at radius 2 is 1.53 bits per heavy atom. The lowest BCUT2D eigenvalue weighted by Crippen LogP contribution is -2.26. The van der Waals surface area contributed by atoms with Gasteiger partial charge in [-0.25, -0.2) is 0 Å². The SMILES string of the molecule is CCCCCC(C)(Pc1ccccc1C=O)c1cc(C(C)(C)C)cc(C(C)(C)C)c1OC. The molecule has 0 radical (unpaired) electrons. The number of hydrogen-bond acceptors (Lipinski definition) is 2. The number of unbranched alkanes of at least 4 members (excludes halogenated alkanes) is 2. The minimum atomic E-state index is -0.110. The van der Waals surface area contributed by atoms with E-state index in [2.05, 4.69) is 73.6 Å². The van der Waals surface area contributed by atoms with Gasteiger partial charge in [0.1, 0.15) is 5.75 Å². The van der Waals surface area contributed by atoms with Gasteiger partial charge in [0.25, 0.3) is 0 Å². The third-order valence-electron chi connectivity index (χ3n) is 6.34. The fourth-order valence-corrected chi connectivity index (χ4v) is 5.94. The van der Waals surface area contributed by atoms with E-state index >= 15 is 0 Å². The largest absolute Gasteiger partial charge is 0.496 e. The van der Waals surface area contributed by atoms with Gasteiger partial charge < -0.3 is 4.74 Å². The van der Waals surface area contributed by atoms with E-state index in [0.717, 1.165) is 35.7 Å². The Morgan fingerprint density at radius 1 is 0.906 bits per heavy atom. The molecule has 2 aromatic rings. The average Bonchev–Trinajstić information content (AvgIpc) is 2.72. The summed E-state index contributed by atoms with van der Waals surface area (Å²) in [5.41, 5.74) is 4.69. The molecule has 0 fully saturated rings. The van der Waals surface area contributed by atoms with Gasteiger partial charge in [-0.15, -0.1) is 0 Å². The highest BCUT2D eigenvalue weighted by Crippen LogP contribution is 2.52. The van der Waals surface area contributed by atoms with Crippen molar-refractivity contribution in [3.05, 3.63) is 58.7 Å². The van der Waals surface area contributed by atoms with E-state index in [-0.39, 0.29) is 16.0 Å². The minimum Gasteiger partial charge on any atom is -0.496 e. The second-order valence-corrected chi connectivity index (χ2v) is 13.1. The highest BCUT2D eigenvalue weighted by atomic mass is 31.1. The van der Waals surface area contributed by atoms with Crippen LogP contribution in [0.2, 0.25) is 0 Å². The normalized spacial score (nSPS) is 14.5. The van der Waals surface area contributed by atoms with Gasteiger partial charge in [0.15, 0.2) is 6.29 Å². The molecule has 0 saturated carbocycles. The highest BCUT2D eigenvalue weighted by molar-refractivity contribution is 7.48. The van der Waals surface area contributed by atoms with E-state index in [1.165, 1.54) is 29.5 Å². The Labute approximate surface area is 198 Å². The number of methoxy groups -OCH3 is 1. The van der Waals surface area contributed by atoms with Crippen LogP contribution < -0.4 is 10.0 Å². The first-order valence-electron chi connectivity index (χ1n) is 11.9. The fraction of sp³-hybridized carbons (Fsp3) is 0.552. The predicted molar refractivity (Wildman–Crippen MR) is 142 cm³/mol. The van der Waals surface area contributed by atoms with Crippen LogP contribution in [-0.2, 0) is 16.0 Å². The van der Waals surface area contributed by atoms with Crippen LogP contribution in [0, 0.1) is 0 Å². The van der Waals surface area contributed by atoms with Crippen LogP contribution in [0.15, 0.2) is 36.4 Å². The third-order valence-corrected chi connectivity index (χ3v) is 8.14. The van der Waals surface area contributed by atoms with E-state index < -0.39 is 0 Å². The maximum atomic E-state index is 11.8. The highest BCUT2D eigenvalue weighted by Gasteiger charge is 2.35. The molecule has 0 aliphatic rings. The van der Waals surface area contributed by atoms with Crippen molar-refractivity contribution in [2.45, 2.75) is 97.1 Å². The number of aldehydes is 1. The summed E-state index contributed by atoms with van der Waals surface area (Å²) in [6.07, 6.45) is 5.63. The van der Waals surface area contributed by atoms with Crippen molar-refractivity contribution in [1.29, 1.82) is 0 Å². The van der Waals surface area contributed by atoms with E-state index in [1.54, 1.807) is 7.11 Å². The average molecular weight is 455 g/mol. The number of carbonyl (C=O) groups is 1. The van der Waals surface area contributed by atoms with Gasteiger partial charge in [-0.1, -0.05) is 120 Å². The van der Waals surface area contributed by atoms with Crippen LogP contribution in [0.5, 0.6) is 5.75 Å². The molecule has 3 heteroatoms. The Balaban J connectivity index is 2.79. The number of rotatable bonds is 9. The molecule has 0 amide bonds. The molecule has 0 aliphatic carbocycles. The Morgan fingerprint density at radius 3 is 2.06 bits per heavy atom. The summed E-state index contributed by atoms with van der Waals surface area (Å²) >= 11 is 0. The molecule has 2 aromatic carbocycles. The zero-order chi connectivity index (χ0) is 24.2. The van der Waals surface area contributed by atoms with Crippen LogP contribution >= 0.6 is 8.58 Å². The van der Waals surface area contributed by atoms with Crippen molar-refractivity contribution in [2.75, 3.05) is 7.11 Å². The van der Waals surface area contributed by atoms with Gasteiger partial charge in [0, 0.05) is 21.8 Å². The molecule has 2 nitrogen and oxygen atoms in total. The molecule has 0 saturated heterocycles. The monoisotopic (exact) mass is 454 g/mol. The van der Waals surface area contributed by atoms with Gasteiger partial charge in [0.2, 0.25) is 0 Å². The first-order valence-corrected chi connectivity index (χ1v) is 12.9. The molecule has 0 N–H and O–H groups in total. The smallest absolute Gasteiger partial charge is 0.150 e. The zero-order valence-electron chi connectivity index (χ0n) is 21.7. The lowest BCUT2D eigenvalue weighted by Gasteiger charge is -2.37. The number of ether oxygens (including phenoxy) is 1. The van der Waals surface area contributed by atoms with Crippen molar-refractivity contribution >= 4 is 20.2 Å². The maximum absolute atomic E-state index is 11.8. The zero-order valence-corrected chi connectivity index (χ0v) is 22.7. The molecule has 0 aromatic heterocycles. The molecule has 0 spiro atoms. The van der Waals surface area contributed by atoms with Gasteiger partial charge >= 0.3 is 0 Å². The standard InChI is InChI=1S/C29H43O2P/c1-10-11-14-17-29(8,32-25-16-13-12-15-21(25)20-30)24-19-22(27(2,3)4)18-23(26(24)31-9)28(5,6)7/h12-13,15-16,18-20,32H,10-11,14,17H2,1-9H3. The van der Waals surface area contributed by atoms with Crippen molar-refractivity contribution in [3.8, 4) is 5.75 Å². The van der Waals surface area contributed by atoms with Gasteiger partial charge in [-0.3, -0.25) is 4.79 Å². The molecule has 0 bridgehead atoms. The Bertz CT molecular complexity index is 918. The molecule has 0 aliphatic heterocycles. The molecule has 0 heterocycles. The Hall–Kier alpha value is -1.66. The number of carbonyl (C=O) groups excluding carboxylic acids is 1. The first kappa shape index (κ1) is 26.6. The lowest BCUT2D eigenvalue weighted by atomic mass is 9.76. The number of benzene rings is 2. The molecule has 2 atom stereocenters. The quantitative estimate of drug-likeness (QED) is 0.219. The van der Waals surface area contributed by atoms with E-state index in [1.807, 2.05) is 18.2 Å². The van der Waals surface area contributed by atoms with Crippen LogP contribution in [0.4, 0.5) is 0 Å². The summed E-state index contributed by atoms with van der Waals surface area (Å²) < 4.78 is 6.15. The summed E-state index contributed by atoms with van der Waals surface area (Å²) in [4.78, 5) is 11.8. The van der Waals surface area contributed by atoms with E-state index in [4.69, 9.17) is 4.74 Å². The van der Waals surface area contributed by atoms with E-state index in [0.29, 0.717) is 8.58 Å². The predicted octanol–water partition coefficient (Wildman–Crippen LogP) is 7.90. The van der Waals surface area contributed by atoms with Crippen LogP contribution in [0.25, 0.3) is 0 Å². The fourth-order valence-electron chi connectivity index (χ4n) is 4.25. The lowest BCUT2D eigenvalue weighted by molar-refractivity contribution is 0.112. The molecular weight excluding hydrogens is 411 g/mol. The molecule has 2 unspecified atom stereocenters. The summed E-state index contributed by atoms with van der Waals surface area (Å²) in [6.45, 7) is 18.3. The molecule has 176 valence electrons. The van der Waals surface area contributed by atoms with E-state index in [9.17, 15) is 4.79 Å².